The Balaban J connectivity index is 2.28. The second-order valence-electron chi connectivity index (χ2n) is 4.45. The van der Waals surface area contributed by atoms with Gasteiger partial charge in [-0.1, -0.05) is 6.07 Å². The molecule has 0 bridgehead atoms. The fraction of sp³-hybridized carbons (Fsp3) is 0.455. The van der Waals surface area contributed by atoms with E-state index in [0.717, 1.165) is 0 Å². The Morgan fingerprint density at radius 1 is 1.37 bits per heavy atom. The summed E-state index contributed by atoms with van der Waals surface area (Å²) in [6.45, 7) is 0. The molecule has 1 saturated heterocycles. The van der Waals surface area contributed by atoms with Crippen LogP contribution in [-0.2, 0) is 9.84 Å². The summed E-state index contributed by atoms with van der Waals surface area (Å²) in [5, 5.41) is 16.8. The van der Waals surface area contributed by atoms with Gasteiger partial charge in [0.1, 0.15) is 11.4 Å². The number of rotatable bonds is 4. The molecule has 104 valence electrons. The van der Waals surface area contributed by atoms with E-state index in [4.69, 9.17) is 0 Å². The lowest BCUT2D eigenvalue weighted by Gasteiger charge is -2.14. The maximum atomic E-state index is 11.4. The topological polar surface area (TPSA) is 101 Å². The van der Waals surface area contributed by atoms with Crippen molar-refractivity contribution in [3.63, 3.8) is 0 Å². The third kappa shape index (κ3) is 2.95. The summed E-state index contributed by atoms with van der Waals surface area (Å²) in [6.07, 6.45) is 0.475. The molecule has 2 rings (SSSR count). The van der Waals surface area contributed by atoms with Crippen molar-refractivity contribution < 1.29 is 13.3 Å². The molecule has 0 aromatic heterocycles. The van der Waals surface area contributed by atoms with Crippen molar-refractivity contribution in [2.24, 2.45) is 0 Å². The van der Waals surface area contributed by atoms with Gasteiger partial charge in [0.2, 0.25) is 0 Å². The van der Waals surface area contributed by atoms with Gasteiger partial charge in [0.05, 0.1) is 16.4 Å². The average Bonchev–Trinajstić information content (AvgIpc) is 2.68. The lowest BCUT2D eigenvalue weighted by Crippen LogP contribution is -2.21. The summed E-state index contributed by atoms with van der Waals surface area (Å²) in [5.74, 6) is 0.151. The van der Waals surface area contributed by atoms with E-state index in [9.17, 15) is 18.5 Å². The zero-order valence-corrected chi connectivity index (χ0v) is 11.2. The summed E-state index contributed by atoms with van der Waals surface area (Å²) in [6, 6.07) is 4.61. The van der Waals surface area contributed by atoms with Crippen LogP contribution in [0.3, 0.4) is 0 Å². The minimum Gasteiger partial charge on any atom is -0.382 e. The number of sulfone groups is 1. The molecule has 1 aromatic rings. The summed E-state index contributed by atoms with van der Waals surface area (Å²) in [5.41, 5.74) is 0.684. The number of nitrogens with zero attached hydrogens (tertiary/aromatic N) is 1. The van der Waals surface area contributed by atoms with Crippen molar-refractivity contribution in [2.75, 3.05) is 29.2 Å². The molecule has 0 saturated carbocycles. The van der Waals surface area contributed by atoms with Crippen molar-refractivity contribution in [1.29, 1.82) is 0 Å². The summed E-state index contributed by atoms with van der Waals surface area (Å²) in [7, 11) is -1.41. The Hall–Kier alpha value is -1.83. The molecule has 0 amide bonds. The van der Waals surface area contributed by atoms with E-state index in [1.165, 1.54) is 0 Å². The summed E-state index contributed by atoms with van der Waals surface area (Å²) < 4.78 is 22.8. The highest BCUT2D eigenvalue weighted by atomic mass is 32.2. The van der Waals surface area contributed by atoms with E-state index in [1.54, 1.807) is 25.2 Å². The SMILES string of the molecule is CNc1cccc(NC2CCS(=O)(=O)C2)c1[N+](=O)[O-]. The molecule has 19 heavy (non-hydrogen) atoms. The lowest BCUT2D eigenvalue weighted by atomic mass is 10.2. The molecule has 0 aliphatic carbocycles. The second-order valence-corrected chi connectivity index (χ2v) is 6.68. The maximum Gasteiger partial charge on any atom is 0.315 e. The van der Waals surface area contributed by atoms with Gasteiger partial charge in [-0.2, -0.15) is 0 Å². The summed E-state index contributed by atoms with van der Waals surface area (Å²) in [4.78, 5) is 10.6. The van der Waals surface area contributed by atoms with Crippen molar-refractivity contribution >= 4 is 26.9 Å². The van der Waals surface area contributed by atoms with E-state index >= 15 is 0 Å². The number of hydrogen-bond acceptors (Lipinski definition) is 6. The van der Waals surface area contributed by atoms with E-state index in [2.05, 4.69) is 10.6 Å². The highest BCUT2D eigenvalue weighted by Crippen LogP contribution is 2.33. The number of hydrogen-bond donors (Lipinski definition) is 2. The Labute approximate surface area is 111 Å². The lowest BCUT2D eigenvalue weighted by molar-refractivity contribution is -0.383. The largest absolute Gasteiger partial charge is 0.382 e. The van der Waals surface area contributed by atoms with Crippen LogP contribution in [-0.4, -0.2) is 37.9 Å². The number of nitro benzene ring substituents is 1. The molecule has 1 aliphatic heterocycles. The molecule has 8 heteroatoms. The maximum absolute atomic E-state index is 11.4. The number of para-hydroxylation sites is 1. The van der Waals surface area contributed by atoms with Crippen molar-refractivity contribution in [3.05, 3.63) is 28.3 Å². The van der Waals surface area contributed by atoms with Crippen LogP contribution >= 0.6 is 0 Å². The van der Waals surface area contributed by atoms with Gasteiger partial charge in [0, 0.05) is 13.1 Å². The third-order valence-corrected chi connectivity index (χ3v) is 4.85. The first-order chi connectivity index (χ1) is 8.93. The number of anilines is 2. The number of nitrogens with one attached hydrogen (secondary N) is 2. The van der Waals surface area contributed by atoms with Crippen LogP contribution in [0.1, 0.15) is 6.42 Å². The zero-order chi connectivity index (χ0) is 14.0. The van der Waals surface area contributed by atoms with E-state index < -0.39 is 14.8 Å². The molecule has 1 heterocycles. The molecular formula is C11H15N3O4S. The van der Waals surface area contributed by atoms with Crippen LogP contribution < -0.4 is 10.6 Å². The standard InChI is InChI=1S/C11H15N3O4S/c1-12-9-3-2-4-10(11(9)14(15)16)13-8-5-6-19(17,18)7-8/h2-4,8,12-13H,5-7H2,1H3. The molecule has 1 aliphatic rings. The van der Waals surface area contributed by atoms with Crippen LogP contribution in [0.2, 0.25) is 0 Å². The first-order valence-corrected chi connectivity index (χ1v) is 7.67. The molecule has 1 aromatic carbocycles. The van der Waals surface area contributed by atoms with Gasteiger partial charge in [-0.25, -0.2) is 8.42 Å². The Morgan fingerprint density at radius 3 is 2.58 bits per heavy atom. The van der Waals surface area contributed by atoms with Gasteiger partial charge < -0.3 is 10.6 Å². The Bertz CT molecular complexity index is 600. The van der Waals surface area contributed by atoms with Gasteiger partial charge in [-0.15, -0.1) is 0 Å². The molecule has 7 nitrogen and oxygen atoms in total. The molecule has 2 N–H and O–H groups in total. The molecule has 1 unspecified atom stereocenters. The molecular weight excluding hydrogens is 270 g/mol. The third-order valence-electron chi connectivity index (χ3n) is 3.08. The van der Waals surface area contributed by atoms with Crippen LogP contribution in [0.15, 0.2) is 18.2 Å². The van der Waals surface area contributed by atoms with Crippen LogP contribution in [0, 0.1) is 10.1 Å². The van der Waals surface area contributed by atoms with Gasteiger partial charge >= 0.3 is 5.69 Å². The van der Waals surface area contributed by atoms with Crippen molar-refractivity contribution in [1.82, 2.24) is 0 Å². The minimum atomic E-state index is -3.01. The van der Waals surface area contributed by atoms with Crippen LogP contribution in [0.5, 0.6) is 0 Å². The highest BCUT2D eigenvalue weighted by Gasteiger charge is 2.30. The van der Waals surface area contributed by atoms with E-state index in [1.807, 2.05) is 0 Å². The number of benzene rings is 1. The van der Waals surface area contributed by atoms with Gasteiger partial charge in [0.15, 0.2) is 9.84 Å². The number of nitro groups is 1. The fourth-order valence-electron chi connectivity index (χ4n) is 2.19. The van der Waals surface area contributed by atoms with Gasteiger partial charge in [-0.05, 0) is 18.6 Å². The first-order valence-electron chi connectivity index (χ1n) is 5.85. The first kappa shape index (κ1) is 13.6. The molecule has 0 spiro atoms. The van der Waals surface area contributed by atoms with Crippen molar-refractivity contribution in [2.45, 2.75) is 12.5 Å². The zero-order valence-electron chi connectivity index (χ0n) is 10.4. The summed E-state index contributed by atoms with van der Waals surface area (Å²) >= 11 is 0. The Kier molecular flexibility index (Phi) is 3.61. The molecule has 0 radical (unpaired) electrons. The predicted octanol–water partition coefficient (Wildman–Crippen LogP) is 1.24. The molecule has 1 fully saturated rings. The van der Waals surface area contributed by atoms with Crippen molar-refractivity contribution in [3.8, 4) is 0 Å². The fourth-order valence-corrected chi connectivity index (χ4v) is 3.86. The van der Waals surface area contributed by atoms with Crippen LogP contribution in [0.4, 0.5) is 17.1 Å². The van der Waals surface area contributed by atoms with Crippen LogP contribution in [0.25, 0.3) is 0 Å². The van der Waals surface area contributed by atoms with Gasteiger partial charge in [-0.3, -0.25) is 10.1 Å². The minimum absolute atomic E-state index is 0.0218. The normalized spacial score (nSPS) is 21.0. The predicted molar refractivity (Wildman–Crippen MR) is 73.3 cm³/mol. The second kappa shape index (κ2) is 5.04. The smallest absolute Gasteiger partial charge is 0.315 e. The van der Waals surface area contributed by atoms with Gasteiger partial charge in [0.25, 0.3) is 0 Å². The van der Waals surface area contributed by atoms with E-state index in [-0.39, 0.29) is 23.2 Å². The highest BCUT2D eigenvalue weighted by molar-refractivity contribution is 7.91. The monoisotopic (exact) mass is 285 g/mol. The quantitative estimate of drug-likeness (QED) is 0.637. The molecule has 1 atom stereocenters. The average molecular weight is 285 g/mol. The Morgan fingerprint density at radius 2 is 2.05 bits per heavy atom. The van der Waals surface area contributed by atoms with E-state index in [0.29, 0.717) is 17.8 Å².